The minimum Gasteiger partial charge on any atom is -0.444 e. The van der Waals surface area contributed by atoms with Crippen LogP contribution in [-0.2, 0) is 4.74 Å². The van der Waals surface area contributed by atoms with Gasteiger partial charge in [0.2, 0.25) is 0 Å². The lowest BCUT2D eigenvalue weighted by Gasteiger charge is -2.27. The van der Waals surface area contributed by atoms with Gasteiger partial charge in [-0.1, -0.05) is 0 Å². The van der Waals surface area contributed by atoms with Gasteiger partial charge in [0, 0.05) is 25.7 Å². The molecule has 0 atom stereocenters. The van der Waals surface area contributed by atoms with Crippen LogP contribution in [0.4, 0.5) is 4.79 Å². The SMILES string of the molecule is CN(C(N)=NCCN(C(=O)OC(C)(C)C)C1CC1)C1CC1.I. The minimum atomic E-state index is -0.460. The van der Waals surface area contributed by atoms with Crippen molar-refractivity contribution in [2.45, 2.75) is 64.1 Å². The summed E-state index contributed by atoms with van der Waals surface area (Å²) in [6.45, 7) is 6.75. The molecule has 0 aliphatic heterocycles. The zero-order valence-corrected chi connectivity index (χ0v) is 16.4. The Morgan fingerprint density at radius 2 is 1.77 bits per heavy atom. The molecule has 2 aliphatic carbocycles. The fourth-order valence-electron chi connectivity index (χ4n) is 2.16. The zero-order valence-electron chi connectivity index (χ0n) is 14.0. The first-order valence-corrected chi connectivity index (χ1v) is 7.80. The summed E-state index contributed by atoms with van der Waals surface area (Å²) >= 11 is 0. The molecule has 2 fully saturated rings. The van der Waals surface area contributed by atoms with E-state index in [-0.39, 0.29) is 30.1 Å². The number of halogens is 1. The van der Waals surface area contributed by atoms with Gasteiger partial charge in [0.15, 0.2) is 5.96 Å². The van der Waals surface area contributed by atoms with Crippen molar-refractivity contribution in [3.63, 3.8) is 0 Å². The van der Waals surface area contributed by atoms with E-state index in [0.717, 1.165) is 12.8 Å². The molecule has 2 aliphatic rings. The van der Waals surface area contributed by atoms with E-state index in [1.807, 2.05) is 32.7 Å². The van der Waals surface area contributed by atoms with Crippen molar-refractivity contribution in [2.75, 3.05) is 20.1 Å². The summed E-state index contributed by atoms with van der Waals surface area (Å²) in [4.78, 5) is 20.4. The summed E-state index contributed by atoms with van der Waals surface area (Å²) in [7, 11) is 1.98. The van der Waals surface area contributed by atoms with Crippen molar-refractivity contribution in [2.24, 2.45) is 10.7 Å². The Bertz CT molecular complexity index is 414. The first-order chi connectivity index (χ1) is 9.78. The molecule has 7 heteroatoms. The molecule has 0 bridgehead atoms. The quantitative estimate of drug-likeness (QED) is 0.418. The molecular weight excluding hydrogens is 395 g/mol. The number of nitrogens with two attached hydrogens (primary N) is 1. The van der Waals surface area contributed by atoms with Gasteiger partial charge in [-0.2, -0.15) is 0 Å². The molecule has 2 N–H and O–H groups in total. The van der Waals surface area contributed by atoms with Crippen LogP contribution >= 0.6 is 24.0 Å². The molecule has 0 radical (unpaired) electrons. The largest absolute Gasteiger partial charge is 0.444 e. The fourth-order valence-corrected chi connectivity index (χ4v) is 2.16. The van der Waals surface area contributed by atoms with Crippen molar-refractivity contribution < 1.29 is 9.53 Å². The number of ether oxygens (including phenoxy) is 1. The van der Waals surface area contributed by atoms with E-state index in [1.165, 1.54) is 12.8 Å². The third kappa shape index (κ3) is 6.18. The molecule has 0 unspecified atom stereocenters. The second-order valence-corrected chi connectivity index (χ2v) is 6.99. The first kappa shape index (κ1) is 19.3. The summed E-state index contributed by atoms with van der Waals surface area (Å²) < 4.78 is 5.45. The van der Waals surface area contributed by atoms with Crippen LogP contribution in [0.25, 0.3) is 0 Å². The monoisotopic (exact) mass is 424 g/mol. The van der Waals surface area contributed by atoms with Crippen molar-refractivity contribution in [1.29, 1.82) is 0 Å². The van der Waals surface area contributed by atoms with E-state index in [9.17, 15) is 4.79 Å². The lowest BCUT2D eigenvalue weighted by atomic mass is 10.2. The Morgan fingerprint density at radius 1 is 1.23 bits per heavy atom. The highest BCUT2D eigenvalue weighted by Gasteiger charge is 2.35. The number of rotatable bonds is 5. The van der Waals surface area contributed by atoms with Crippen molar-refractivity contribution in [1.82, 2.24) is 9.80 Å². The number of carbonyl (C=O) groups excluding carboxylic acids is 1. The van der Waals surface area contributed by atoms with Gasteiger partial charge in [-0.05, 0) is 46.5 Å². The van der Waals surface area contributed by atoms with Gasteiger partial charge in [0.25, 0.3) is 0 Å². The van der Waals surface area contributed by atoms with Gasteiger partial charge in [-0.3, -0.25) is 4.99 Å². The second-order valence-electron chi connectivity index (χ2n) is 6.99. The molecule has 6 nitrogen and oxygen atoms in total. The molecule has 0 spiro atoms. The summed E-state index contributed by atoms with van der Waals surface area (Å²) in [5.41, 5.74) is 5.50. The Morgan fingerprint density at radius 3 is 2.23 bits per heavy atom. The van der Waals surface area contributed by atoms with Gasteiger partial charge in [-0.15, -0.1) is 24.0 Å². The molecule has 0 heterocycles. The predicted octanol–water partition coefficient (Wildman–Crippen LogP) is 2.41. The van der Waals surface area contributed by atoms with Crippen LogP contribution in [0.5, 0.6) is 0 Å². The van der Waals surface area contributed by atoms with Crippen LogP contribution < -0.4 is 5.73 Å². The number of carbonyl (C=O) groups is 1. The number of hydrogen-bond donors (Lipinski definition) is 1. The first-order valence-electron chi connectivity index (χ1n) is 7.80. The molecule has 0 saturated heterocycles. The average Bonchev–Trinajstić information content (AvgIpc) is 3.24. The summed E-state index contributed by atoms with van der Waals surface area (Å²) in [5, 5.41) is 0. The van der Waals surface area contributed by atoms with Crippen molar-refractivity contribution >= 4 is 36.0 Å². The Labute approximate surface area is 150 Å². The molecule has 22 heavy (non-hydrogen) atoms. The normalized spacial score (nSPS) is 18.5. The van der Waals surface area contributed by atoms with Crippen LogP contribution in [0, 0.1) is 0 Å². The number of nitrogens with zero attached hydrogens (tertiary/aromatic N) is 3. The maximum absolute atomic E-state index is 12.2. The molecule has 2 saturated carbocycles. The van der Waals surface area contributed by atoms with Gasteiger partial charge in [0.1, 0.15) is 5.60 Å². The summed E-state index contributed by atoms with van der Waals surface area (Å²) in [6, 6.07) is 0.872. The van der Waals surface area contributed by atoms with Gasteiger partial charge < -0.3 is 20.3 Å². The van der Waals surface area contributed by atoms with Crippen LogP contribution in [0.15, 0.2) is 4.99 Å². The highest BCUT2D eigenvalue weighted by atomic mass is 127. The maximum atomic E-state index is 12.2. The van der Waals surface area contributed by atoms with E-state index in [4.69, 9.17) is 10.5 Å². The van der Waals surface area contributed by atoms with E-state index in [1.54, 1.807) is 4.90 Å². The van der Waals surface area contributed by atoms with Gasteiger partial charge in [0.05, 0.1) is 6.54 Å². The third-order valence-corrected chi connectivity index (χ3v) is 3.69. The molecule has 1 amide bonds. The Balaban J connectivity index is 0.00000242. The minimum absolute atomic E-state index is 0. The van der Waals surface area contributed by atoms with Crippen LogP contribution in [0.3, 0.4) is 0 Å². The van der Waals surface area contributed by atoms with Crippen molar-refractivity contribution in [3.05, 3.63) is 0 Å². The topological polar surface area (TPSA) is 71.2 Å². The van der Waals surface area contributed by atoms with Crippen LogP contribution in [0.1, 0.15) is 46.5 Å². The molecular formula is C15H29IN4O2. The van der Waals surface area contributed by atoms with Gasteiger partial charge in [-0.25, -0.2) is 4.79 Å². The lowest BCUT2D eigenvalue weighted by molar-refractivity contribution is 0.0240. The fraction of sp³-hybridized carbons (Fsp3) is 0.867. The Hall–Kier alpha value is -0.730. The molecule has 0 aromatic rings. The van der Waals surface area contributed by atoms with E-state index in [2.05, 4.69) is 4.99 Å². The van der Waals surface area contributed by atoms with Crippen LogP contribution in [-0.4, -0.2) is 59.7 Å². The van der Waals surface area contributed by atoms with E-state index in [0.29, 0.717) is 31.1 Å². The number of hydrogen-bond acceptors (Lipinski definition) is 3. The molecule has 0 aromatic heterocycles. The van der Waals surface area contributed by atoms with Crippen molar-refractivity contribution in [3.8, 4) is 0 Å². The number of guanidine groups is 1. The maximum Gasteiger partial charge on any atom is 0.410 e. The van der Waals surface area contributed by atoms with Crippen LogP contribution in [0.2, 0.25) is 0 Å². The predicted molar refractivity (Wildman–Crippen MR) is 98.7 cm³/mol. The Kier molecular flexibility index (Phi) is 6.76. The molecule has 128 valence electrons. The standard InChI is InChI=1S/C15H28N4O2.HI/c1-15(2,3)21-14(20)19(12-7-8-12)10-9-17-13(16)18(4)11-5-6-11;/h11-12H,5-10H2,1-4H3,(H2,16,17);1H. The molecule has 2 rings (SSSR count). The lowest BCUT2D eigenvalue weighted by Crippen LogP contribution is -2.40. The smallest absolute Gasteiger partial charge is 0.410 e. The third-order valence-electron chi connectivity index (χ3n) is 3.69. The number of aliphatic imine (C=N–C) groups is 1. The summed E-state index contributed by atoms with van der Waals surface area (Å²) in [5.74, 6) is 0.567. The zero-order chi connectivity index (χ0) is 15.6. The number of amides is 1. The van der Waals surface area contributed by atoms with Gasteiger partial charge >= 0.3 is 6.09 Å². The molecule has 0 aromatic carbocycles. The van der Waals surface area contributed by atoms with E-state index < -0.39 is 5.60 Å². The highest BCUT2D eigenvalue weighted by Crippen LogP contribution is 2.28. The summed E-state index contributed by atoms with van der Waals surface area (Å²) in [6.07, 6.45) is 4.26. The average molecular weight is 424 g/mol. The second kappa shape index (κ2) is 7.70. The highest BCUT2D eigenvalue weighted by molar-refractivity contribution is 14.0. The van der Waals surface area contributed by atoms with E-state index >= 15 is 0 Å².